The van der Waals surface area contributed by atoms with E-state index in [1.54, 1.807) is 0 Å². The molecule has 0 amide bonds. The van der Waals surface area contributed by atoms with Crippen molar-refractivity contribution in [3.8, 4) is 22.8 Å². The van der Waals surface area contributed by atoms with Gasteiger partial charge in [0, 0.05) is 17.3 Å². The third kappa shape index (κ3) is 4.14. The molecule has 3 aromatic carbocycles. The minimum Gasteiger partial charge on any atom is -0.482 e. The standard InChI is InChI=1S/C24H22N2O3/c1-17(2)29-23(27)16-28-20-13-14-21-22(15-20)26(19-11-7-4-8-12-19)24(25-21)18-9-5-3-6-10-18/h3-15,17H,16H2,1-2H3. The zero-order valence-electron chi connectivity index (χ0n) is 16.4. The van der Waals surface area contributed by atoms with Crippen molar-refractivity contribution in [2.24, 2.45) is 0 Å². The fourth-order valence-electron chi connectivity index (χ4n) is 3.20. The molecule has 0 atom stereocenters. The number of carbonyl (C=O) groups excluding carboxylic acids is 1. The molecule has 0 fully saturated rings. The predicted octanol–water partition coefficient (Wildman–Crippen LogP) is 5.02. The monoisotopic (exact) mass is 386 g/mol. The van der Waals surface area contributed by atoms with Gasteiger partial charge in [-0.1, -0.05) is 48.5 Å². The highest BCUT2D eigenvalue weighted by molar-refractivity contribution is 5.84. The first-order valence-electron chi connectivity index (χ1n) is 9.57. The molecule has 0 unspecified atom stereocenters. The molecule has 0 spiro atoms. The highest BCUT2D eigenvalue weighted by Gasteiger charge is 2.15. The van der Waals surface area contributed by atoms with Gasteiger partial charge in [-0.3, -0.25) is 4.57 Å². The molecule has 0 bridgehead atoms. The molecule has 0 aliphatic rings. The first-order valence-corrected chi connectivity index (χ1v) is 9.57. The van der Waals surface area contributed by atoms with E-state index in [-0.39, 0.29) is 18.7 Å². The molecule has 5 nitrogen and oxygen atoms in total. The number of nitrogens with zero attached hydrogens (tertiary/aromatic N) is 2. The summed E-state index contributed by atoms with van der Waals surface area (Å²) in [5.74, 6) is 1.06. The van der Waals surface area contributed by atoms with Crippen LogP contribution in [0.5, 0.6) is 5.75 Å². The maximum atomic E-state index is 11.8. The lowest BCUT2D eigenvalue weighted by atomic mass is 10.2. The second-order valence-electron chi connectivity index (χ2n) is 6.95. The normalized spacial score (nSPS) is 11.0. The Bertz CT molecular complexity index is 1120. The maximum Gasteiger partial charge on any atom is 0.344 e. The van der Waals surface area contributed by atoms with Crippen molar-refractivity contribution in [3.05, 3.63) is 78.9 Å². The van der Waals surface area contributed by atoms with Crippen molar-refractivity contribution in [3.63, 3.8) is 0 Å². The summed E-state index contributed by atoms with van der Waals surface area (Å²) in [5, 5.41) is 0. The molecular formula is C24H22N2O3. The molecule has 0 aliphatic carbocycles. The van der Waals surface area contributed by atoms with E-state index in [1.807, 2.05) is 92.7 Å². The molecule has 0 N–H and O–H groups in total. The fraction of sp³-hybridized carbons (Fsp3) is 0.167. The lowest BCUT2D eigenvalue weighted by Gasteiger charge is -2.11. The molecule has 4 rings (SSSR count). The SMILES string of the molecule is CC(C)OC(=O)COc1ccc2nc(-c3ccccc3)n(-c3ccccc3)c2c1. The van der Waals surface area contributed by atoms with Gasteiger partial charge in [0.15, 0.2) is 6.61 Å². The van der Waals surface area contributed by atoms with Crippen LogP contribution in [0.2, 0.25) is 0 Å². The summed E-state index contributed by atoms with van der Waals surface area (Å²) in [6, 6.07) is 25.8. The molecule has 29 heavy (non-hydrogen) atoms. The summed E-state index contributed by atoms with van der Waals surface area (Å²) < 4.78 is 12.9. The number of hydrogen-bond acceptors (Lipinski definition) is 4. The number of ether oxygens (including phenoxy) is 2. The van der Waals surface area contributed by atoms with E-state index < -0.39 is 0 Å². The van der Waals surface area contributed by atoms with Crippen molar-refractivity contribution < 1.29 is 14.3 Å². The summed E-state index contributed by atoms with van der Waals surface area (Å²) in [7, 11) is 0. The van der Waals surface area contributed by atoms with Gasteiger partial charge in [-0.25, -0.2) is 9.78 Å². The molecule has 1 heterocycles. The van der Waals surface area contributed by atoms with Gasteiger partial charge in [0.1, 0.15) is 11.6 Å². The third-order valence-corrected chi connectivity index (χ3v) is 4.40. The summed E-state index contributed by atoms with van der Waals surface area (Å²) in [6.07, 6.45) is -0.165. The summed E-state index contributed by atoms with van der Waals surface area (Å²) in [6.45, 7) is 3.50. The number of esters is 1. The van der Waals surface area contributed by atoms with Crippen molar-refractivity contribution in [2.75, 3.05) is 6.61 Å². The molecule has 5 heteroatoms. The maximum absolute atomic E-state index is 11.8. The first-order chi connectivity index (χ1) is 14.1. The zero-order chi connectivity index (χ0) is 20.2. The van der Waals surface area contributed by atoms with Crippen LogP contribution in [0.1, 0.15) is 13.8 Å². The minimum absolute atomic E-state index is 0.130. The number of hydrogen-bond donors (Lipinski definition) is 0. The van der Waals surface area contributed by atoms with E-state index in [0.717, 1.165) is 28.1 Å². The average Bonchev–Trinajstić information content (AvgIpc) is 3.12. The van der Waals surface area contributed by atoms with Gasteiger partial charge in [0.2, 0.25) is 0 Å². The molecule has 0 radical (unpaired) electrons. The van der Waals surface area contributed by atoms with Crippen molar-refractivity contribution in [1.29, 1.82) is 0 Å². The average molecular weight is 386 g/mol. The van der Waals surface area contributed by atoms with Crippen LogP contribution >= 0.6 is 0 Å². The van der Waals surface area contributed by atoms with Gasteiger partial charge in [-0.15, -0.1) is 0 Å². The Morgan fingerprint density at radius 2 is 1.66 bits per heavy atom. The predicted molar refractivity (Wildman–Crippen MR) is 113 cm³/mol. The van der Waals surface area contributed by atoms with E-state index in [4.69, 9.17) is 14.5 Å². The number of carbonyl (C=O) groups is 1. The number of benzene rings is 3. The van der Waals surface area contributed by atoms with Gasteiger partial charge < -0.3 is 9.47 Å². The number of rotatable bonds is 6. The molecule has 4 aromatic rings. The lowest BCUT2D eigenvalue weighted by Crippen LogP contribution is -2.18. The minimum atomic E-state index is -0.387. The number of aromatic nitrogens is 2. The summed E-state index contributed by atoms with van der Waals surface area (Å²) in [4.78, 5) is 16.7. The Balaban J connectivity index is 1.76. The largest absolute Gasteiger partial charge is 0.482 e. The summed E-state index contributed by atoms with van der Waals surface area (Å²) in [5.41, 5.74) is 3.79. The Kier molecular flexibility index (Phi) is 5.29. The second-order valence-corrected chi connectivity index (χ2v) is 6.95. The van der Waals surface area contributed by atoms with E-state index >= 15 is 0 Å². The molecular weight excluding hydrogens is 364 g/mol. The van der Waals surface area contributed by atoms with E-state index in [0.29, 0.717) is 5.75 Å². The van der Waals surface area contributed by atoms with Gasteiger partial charge in [-0.05, 0) is 38.1 Å². The smallest absolute Gasteiger partial charge is 0.344 e. The molecule has 0 saturated carbocycles. The van der Waals surface area contributed by atoms with Gasteiger partial charge in [0.05, 0.1) is 17.1 Å². The van der Waals surface area contributed by atoms with Crippen LogP contribution in [0.4, 0.5) is 0 Å². The third-order valence-electron chi connectivity index (χ3n) is 4.40. The Hall–Kier alpha value is -3.60. The lowest BCUT2D eigenvalue weighted by molar-refractivity contribution is -0.149. The van der Waals surface area contributed by atoms with Crippen molar-refractivity contribution in [2.45, 2.75) is 20.0 Å². The van der Waals surface area contributed by atoms with Crippen LogP contribution < -0.4 is 4.74 Å². The number of imidazole rings is 1. The summed E-state index contributed by atoms with van der Waals surface area (Å²) >= 11 is 0. The van der Waals surface area contributed by atoms with Crippen molar-refractivity contribution in [1.82, 2.24) is 9.55 Å². The highest BCUT2D eigenvalue weighted by Crippen LogP contribution is 2.30. The topological polar surface area (TPSA) is 53.4 Å². The van der Waals surface area contributed by atoms with Crippen LogP contribution in [0.15, 0.2) is 78.9 Å². The molecule has 0 saturated heterocycles. The van der Waals surface area contributed by atoms with Gasteiger partial charge >= 0.3 is 5.97 Å². The van der Waals surface area contributed by atoms with Gasteiger partial charge in [-0.2, -0.15) is 0 Å². The van der Waals surface area contributed by atoms with Crippen LogP contribution in [0, 0.1) is 0 Å². The highest BCUT2D eigenvalue weighted by atomic mass is 16.6. The fourth-order valence-corrected chi connectivity index (χ4v) is 3.20. The molecule has 146 valence electrons. The Morgan fingerprint density at radius 3 is 2.34 bits per heavy atom. The molecule has 0 aliphatic heterocycles. The number of para-hydroxylation sites is 1. The zero-order valence-corrected chi connectivity index (χ0v) is 16.4. The van der Waals surface area contributed by atoms with Crippen LogP contribution in [-0.2, 0) is 9.53 Å². The van der Waals surface area contributed by atoms with Crippen molar-refractivity contribution >= 4 is 17.0 Å². The van der Waals surface area contributed by atoms with Gasteiger partial charge in [0.25, 0.3) is 0 Å². The van der Waals surface area contributed by atoms with E-state index in [2.05, 4.69) is 4.57 Å². The Labute approximate surface area is 169 Å². The first kappa shape index (κ1) is 18.7. The van der Waals surface area contributed by atoms with Crippen LogP contribution in [0.3, 0.4) is 0 Å². The van der Waals surface area contributed by atoms with Crippen LogP contribution in [-0.4, -0.2) is 28.2 Å². The second kappa shape index (κ2) is 8.19. The number of fused-ring (bicyclic) bond motifs is 1. The van der Waals surface area contributed by atoms with E-state index in [9.17, 15) is 4.79 Å². The quantitative estimate of drug-likeness (QED) is 0.437. The van der Waals surface area contributed by atoms with E-state index in [1.165, 1.54) is 0 Å². The Morgan fingerprint density at radius 1 is 0.966 bits per heavy atom. The van der Waals surface area contributed by atoms with Crippen LogP contribution in [0.25, 0.3) is 28.1 Å². The molecule has 1 aromatic heterocycles.